The highest BCUT2D eigenvalue weighted by atomic mass is 16.2. The number of fused-ring (bicyclic) bond motifs is 1. The van der Waals surface area contributed by atoms with Crippen LogP contribution in [0.5, 0.6) is 0 Å². The van der Waals surface area contributed by atoms with E-state index in [1.54, 1.807) is 0 Å². The molecule has 0 aliphatic carbocycles. The number of hydrogen-bond acceptors (Lipinski definition) is 2. The molecule has 0 aromatic heterocycles. The van der Waals surface area contributed by atoms with Crippen molar-refractivity contribution in [2.75, 3.05) is 24.5 Å². The molecule has 18 heavy (non-hydrogen) atoms. The van der Waals surface area contributed by atoms with E-state index >= 15 is 0 Å². The van der Waals surface area contributed by atoms with Crippen LogP contribution in [0.4, 0.5) is 10.5 Å². The summed E-state index contributed by atoms with van der Waals surface area (Å²) in [7, 11) is 0. The van der Waals surface area contributed by atoms with Crippen molar-refractivity contribution in [3.63, 3.8) is 0 Å². The lowest BCUT2D eigenvalue weighted by Gasteiger charge is -2.34. The van der Waals surface area contributed by atoms with E-state index in [4.69, 9.17) is 0 Å². The van der Waals surface area contributed by atoms with Crippen molar-refractivity contribution >= 4 is 11.7 Å². The van der Waals surface area contributed by atoms with Gasteiger partial charge in [-0.1, -0.05) is 25.1 Å². The van der Waals surface area contributed by atoms with Crippen molar-refractivity contribution in [1.82, 2.24) is 10.6 Å². The van der Waals surface area contributed by atoms with Gasteiger partial charge in [0.25, 0.3) is 0 Å². The highest BCUT2D eigenvalue weighted by Crippen LogP contribution is 2.33. The van der Waals surface area contributed by atoms with Crippen LogP contribution in [0, 0.1) is 0 Å². The number of para-hydroxylation sites is 1. The third-order valence-electron chi connectivity index (χ3n) is 3.27. The summed E-state index contributed by atoms with van der Waals surface area (Å²) in [6.45, 7) is 6.42. The minimum Gasteiger partial charge on any atom is -0.338 e. The van der Waals surface area contributed by atoms with Crippen LogP contribution in [0.15, 0.2) is 24.3 Å². The Kier molecular flexibility index (Phi) is 4.20. The van der Waals surface area contributed by atoms with Crippen LogP contribution < -0.4 is 15.5 Å². The summed E-state index contributed by atoms with van der Waals surface area (Å²) in [6, 6.07) is 8.50. The standard InChI is InChI=1S/C14H21N3O/c1-3-15-12-9-10-17(14(18)16-4-2)13-8-6-5-7-11(12)13/h5-8,12,15H,3-4,9-10H2,1-2H3,(H,16,18). The third-order valence-corrected chi connectivity index (χ3v) is 3.27. The Morgan fingerprint density at radius 3 is 2.83 bits per heavy atom. The number of anilines is 1. The molecule has 4 nitrogen and oxygen atoms in total. The smallest absolute Gasteiger partial charge is 0.321 e. The summed E-state index contributed by atoms with van der Waals surface area (Å²) in [5.41, 5.74) is 2.25. The molecule has 2 N–H and O–H groups in total. The Labute approximate surface area is 108 Å². The lowest BCUT2D eigenvalue weighted by molar-refractivity contribution is 0.245. The van der Waals surface area contributed by atoms with Crippen molar-refractivity contribution in [2.24, 2.45) is 0 Å². The maximum absolute atomic E-state index is 12.0. The molecule has 0 fully saturated rings. The molecular formula is C14H21N3O. The first kappa shape index (κ1) is 12.9. The average Bonchev–Trinajstić information content (AvgIpc) is 2.39. The molecule has 1 unspecified atom stereocenters. The Morgan fingerprint density at radius 1 is 1.33 bits per heavy atom. The summed E-state index contributed by atoms with van der Waals surface area (Å²) < 4.78 is 0. The molecule has 0 radical (unpaired) electrons. The fourth-order valence-electron chi connectivity index (χ4n) is 2.48. The molecule has 1 atom stereocenters. The maximum Gasteiger partial charge on any atom is 0.321 e. The first-order valence-corrected chi connectivity index (χ1v) is 6.65. The second-order valence-corrected chi connectivity index (χ2v) is 4.44. The predicted octanol–water partition coefficient (Wildman–Crippen LogP) is 2.28. The monoisotopic (exact) mass is 247 g/mol. The molecule has 1 aromatic carbocycles. The van der Waals surface area contributed by atoms with Gasteiger partial charge in [0, 0.05) is 19.1 Å². The van der Waals surface area contributed by atoms with Gasteiger partial charge in [-0.2, -0.15) is 0 Å². The Morgan fingerprint density at radius 2 is 2.11 bits per heavy atom. The van der Waals surface area contributed by atoms with Gasteiger partial charge in [-0.05, 0) is 31.5 Å². The van der Waals surface area contributed by atoms with Gasteiger partial charge in [0.1, 0.15) is 0 Å². The minimum absolute atomic E-state index is 0.0000940. The highest BCUT2D eigenvalue weighted by molar-refractivity contribution is 5.93. The SMILES string of the molecule is CCNC(=O)N1CCC(NCC)c2ccccc21. The van der Waals surface area contributed by atoms with Crippen LogP contribution in [0.3, 0.4) is 0 Å². The highest BCUT2D eigenvalue weighted by Gasteiger charge is 2.27. The van der Waals surface area contributed by atoms with E-state index in [1.165, 1.54) is 5.56 Å². The Balaban J connectivity index is 2.27. The number of amides is 2. The molecule has 1 aliphatic rings. The zero-order valence-electron chi connectivity index (χ0n) is 11.1. The largest absolute Gasteiger partial charge is 0.338 e. The normalized spacial score (nSPS) is 18.3. The van der Waals surface area contributed by atoms with E-state index in [0.29, 0.717) is 12.6 Å². The predicted molar refractivity (Wildman–Crippen MR) is 73.9 cm³/mol. The van der Waals surface area contributed by atoms with Crippen LogP contribution in [0.1, 0.15) is 31.9 Å². The van der Waals surface area contributed by atoms with Gasteiger partial charge in [0.2, 0.25) is 0 Å². The van der Waals surface area contributed by atoms with Gasteiger partial charge >= 0.3 is 6.03 Å². The lowest BCUT2D eigenvalue weighted by atomic mass is 9.96. The number of urea groups is 1. The number of carbonyl (C=O) groups excluding carboxylic acids is 1. The van der Waals surface area contributed by atoms with E-state index in [-0.39, 0.29) is 6.03 Å². The quantitative estimate of drug-likeness (QED) is 0.860. The lowest BCUT2D eigenvalue weighted by Crippen LogP contribution is -2.44. The topological polar surface area (TPSA) is 44.4 Å². The van der Waals surface area contributed by atoms with E-state index in [0.717, 1.165) is 25.2 Å². The van der Waals surface area contributed by atoms with Gasteiger partial charge in [0.05, 0.1) is 5.69 Å². The van der Waals surface area contributed by atoms with Crippen LogP contribution in [0.2, 0.25) is 0 Å². The number of hydrogen-bond donors (Lipinski definition) is 2. The van der Waals surface area contributed by atoms with Crippen molar-refractivity contribution in [3.8, 4) is 0 Å². The van der Waals surface area contributed by atoms with Gasteiger partial charge in [-0.3, -0.25) is 4.90 Å². The van der Waals surface area contributed by atoms with Crippen LogP contribution >= 0.6 is 0 Å². The van der Waals surface area contributed by atoms with Crippen LogP contribution in [-0.4, -0.2) is 25.7 Å². The molecule has 2 rings (SSSR count). The van der Waals surface area contributed by atoms with Gasteiger partial charge in [-0.15, -0.1) is 0 Å². The van der Waals surface area contributed by atoms with Crippen molar-refractivity contribution in [2.45, 2.75) is 26.3 Å². The Bertz CT molecular complexity index is 419. The molecule has 1 heterocycles. The fraction of sp³-hybridized carbons (Fsp3) is 0.500. The fourth-order valence-corrected chi connectivity index (χ4v) is 2.48. The zero-order chi connectivity index (χ0) is 13.0. The van der Waals surface area contributed by atoms with E-state index < -0.39 is 0 Å². The van der Waals surface area contributed by atoms with Gasteiger partial charge in [0.15, 0.2) is 0 Å². The number of nitrogens with zero attached hydrogens (tertiary/aromatic N) is 1. The Hall–Kier alpha value is -1.55. The van der Waals surface area contributed by atoms with Crippen molar-refractivity contribution in [1.29, 1.82) is 0 Å². The summed E-state index contributed by atoms with van der Waals surface area (Å²) in [6.07, 6.45) is 0.960. The maximum atomic E-state index is 12.0. The molecule has 1 aliphatic heterocycles. The van der Waals surface area contributed by atoms with Crippen LogP contribution in [-0.2, 0) is 0 Å². The molecular weight excluding hydrogens is 226 g/mol. The van der Waals surface area contributed by atoms with E-state index in [1.807, 2.05) is 30.0 Å². The van der Waals surface area contributed by atoms with Crippen molar-refractivity contribution in [3.05, 3.63) is 29.8 Å². The minimum atomic E-state index is -0.0000940. The second-order valence-electron chi connectivity index (χ2n) is 4.44. The van der Waals surface area contributed by atoms with Crippen molar-refractivity contribution < 1.29 is 4.79 Å². The van der Waals surface area contributed by atoms with E-state index in [9.17, 15) is 4.79 Å². The molecule has 0 saturated carbocycles. The molecule has 0 bridgehead atoms. The first-order chi connectivity index (χ1) is 8.77. The summed E-state index contributed by atoms with van der Waals surface area (Å²) in [5, 5.41) is 6.34. The van der Waals surface area contributed by atoms with E-state index in [2.05, 4.69) is 23.6 Å². The number of carbonyl (C=O) groups is 1. The molecule has 98 valence electrons. The second kappa shape index (κ2) is 5.87. The molecule has 1 aromatic rings. The third kappa shape index (κ3) is 2.48. The summed E-state index contributed by atoms with van der Waals surface area (Å²) >= 11 is 0. The summed E-state index contributed by atoms with van der Waals surface area (Å²) in [5.74, 6) is 0. The average molecular weight is 247 g/mol. The van der Waals surface area contributed by atoms with Gasteiger partial charge < -0.3 is 10.6 Å². The number of rotatable bonds is 3. The molecule has 4 heteroatoms. The molecule has 0 saturated heterocycles. The van der Waals surface area contributed by atoms with Crippen LogP contribution in [0.25, 0.3) is 0 Å². The first-order valence-electron chi connectivity index (χ1n) is 6.65. The molecule has 2 amide bonds. The molecule has 0 spiro atoms. The number of nitrogens with one attached hydrogen (secondary N) is 2. The number of benzene rings is 1. The zero-order valence-corrected chi connectivity index (χ0v) is 11.1. The van der Waals surface area contributed by atoms with Gasteiger partial charge in [-0.25, -0.2) is 4.79 Å². The summed E-state index contributed by atoms with van der Waals surface area (Å²) in [4.78, 5) is 13.9.